The lowest BCUT2D eigenvalue weighted by Crippen LogP contribution is -2.27. The van der Waals surface area contributed by atoms with E-state index in [1.165, 1.54) is 77.0 Å². The molecule has 0 heterocycles. The van der Waals surface area contributed by atoms with Crippen LogP contribution in [-0.4, -0.2) is 13.2 Å². The van der Waals surface area contributed by atoms with Crippen molar-refractivity contribution < 1.29 is 9.47 Å². The smallest absolute Gasteiger partial charge is 0.119 e. The summed E-state index contributed by atoms with van der Waals surface area (Å²) in [5, 5.41) is 0. The van der Waals surface area contributed by atoms with Gasteiger partial charge in [-0.1, -0.05) is 52.4 Å². The topological polar surface area (TPSA) is 18.5 Å². The number of ether oxygens (including phenoxy) is 2. The second-order valence-corrected chi connectivity index (χ2v) is 9.85. The van der Waals surface area contributed by atoms with Gasteiger partial charge in [0.05, 0.1) is 13.2 Å². The molecule has 0 aromatic heterocycles. The third-order valence-electron chi connectivity index (χ3n) is 7.44. The molecule has 2 aliphatic carbocycles. The fourth-order valence-electron chi connectivity index (χ4n) is 5.33. The molecule has 29 heavy (non-hydrogen) atoms. The van der Waals surface area contributed by atoms with Crippen LogP contribution in [0.1, 0.15) is 97.3 Å². The van der Waals surface area contributed by atoms with E-state index in [0.717, 1.165) is 54.8 Å². The van der Waals surface area contributed by atoms with Gasteiger partial charge in [-0.15, -0.1) is 0 Å². The molecule has 2 fully saturated rings. The minimum Gasteiger partial charge on any atom is -0.494 e. The molecule has 0 N–H and O–H groups in total. The van der Waals surface area contributed by atoms with Crippen LogP contribution in [0.5, 0.6) is 11.5 Å². The standard InChI is InChI=1S/C27H44O2/c1-3-4-5-6-7-20-28-26-16-18-27(19-17-26)29-21-23-10-14-25(15-11-23)24-12-8-22(2)9-13-24/h16-19,22-25H,3-15,20-21H2,1-2H3. The van der Waals surface area contributed by atoms with Crippen LogP contribution in [0, 0.1) is 23.7 Å². The molecule has 2 nitrogen and oxygen atoms in total. The van der Waals surface area contributed by atoms with Crippen LogP contribution >= 0.6 is 0 Å². The van der Waals surface area contributed by atoms with E-state index in [1.54, 1.807) is 0 Å². The van der Waals surface area contributed by atoms with E-state index in [2.05, 4.69) is 38.1 Å². The number of hydrogen-bond acceptors (Lipinski definition) is 2. The Morgan fingerprint density at radius 3 is 1.86 bits per heavy atom. The monoisotopic (exact) mass is 400 g/mol. The largest absolute Gasteiger partial charge is 0.494 e. The maximum atomic E-state index is 6.11. The Morgan fingerprint density at radius 1 is 0.690 bits per heavy atom. The lowest BCUT2D eigenvalue weighted by molar-refractivity contribution is 0.126. The molecule has 0 saturated heterocycles. The van der Waals surface area contributed by atoms with E-state index in [0.29, 0.717) is 0 Å². The van der Waals surface area contributed by atoms with Crippen LogP contribution in [0.4, 0.5) is 0 Å². The van der Waals surface area contributed by atoms with Crippen molar-refractivity contribution in [1.82, 2.24) is 0 Å². The zero-order valence-corrected chi connectivity index (χ0v) is 19.0. The van der Waals surface area contributed by atoms with E-state index in [1.807, 2.05) is 0 Å². The van der Waals surface area contributed by atoms with Crippen molar-refractivity contribution >= 4 is 0 Å². The van der Waals surface area contributed by atoms with Crippen LogP contribution in [0.25, 0.3) is 0 Å². The third-order valence-corrected chi connectivity index (χ3v) is 7.44. The predicted octanol–water partition coefficient (Wildman–Crippen LogP) is 8.05. The first-order chi connectivity index (χ1) is 14.2. The normalized spacial score (nSPS) is 27.5. The highest BCUT2D eigenvalue weighted by molar-refractivity contribution is 5.31. The Bertz CT molecular complexity index is 536. The molecule has 0 unspecified atom stereocenters. The Kier molecular flexibility index (Phi) is 9.70. The van der Waals surface area contributed by atoms with E-state index in [-0.39, 0.29) is 0 Å². The van der Waals surface area contributed by atoms with Gasteiger partial charge < -0.3 is 9.47 Å². The lowest BCUT2D eigenvalue weighted by Gasteiger charge is -2.37. The summed E-state index contributed by atoms with van der Waals surface area (Å²) in [5.41, 5.74) is 0. The summed E-state index contributed by atoms with van der Waals surface area (Å²) in [5.74, 6) is 5.69. The van der Waals surface area contributed by atoms with Gasteiger partial charge in [-0.05, 0) is 92.9 Å². The highest BCUT2D eigenvalue weighted by Gasteiger charge is 2.30. The van der Waals surface area contributed by atoms with E-state index in [9.17, 15) is 0 Å². The molecule has 0 aliphatic heterocycles. The SMILES string of the molecule is CCCCCCCOc1ccc(OCC2CCC(C3CCC(C)CC3)CC2)cc1. The molecule has 3 rings (SSSR count). The fraction of sp³-hybridized carbons (Fsp3) is 0.778. The van der Waals surface area contributed by atoms with Gasteiger partial charge >= 0.3 is 0 Å². The third kappa shape index (κ3) is 7.87. The Hall–Kier alpha value is -1.18. The van der Waals surface area contributed by atoms with Crippen molar-refractivity contribution in [1.29, 1.82) is 0 Å². The van der Waals surface area contributed by atoms with Crippen LogP contribution in [0.2, 0.25) is 0 Å². The van der Waals surface area contributed by atoms with Crippen LogP contribution in [0.15, 0.2) is 24.3 Å². The van der Waals surface area contributed by atoms with Crippen molar-refractivity contribution in [3.63, 3.8) is 0 Å². The van der Waals surface area contributed by atoms with Gasteiger partial charge in [0, 0.05) is 0 Å². The average molecular weight is 401 g/mol. The second-order valence-electron chi connectivity index (χ2n) is 9.85. The number of rotatable bonds is 11. The molecule has 0 bridgehead atoms. The molecule has 1 aromatic rings. The molecule has 0 amide bonds. The zero-order valence-electron chi connectivity index (χ0n) is 19.0. The number of unbranched alkanes of at least 4 members (excludes halogenated alkanes) is 4. The quantitative estimate of drug-likeness (QED) is 0.350. The highest BCUT2D eigenvalue weighted by Crippen LogP contribution is 2.41. The first-order valence-corrected chi connectivity index (χ1v) is 12.6. The van der Waals surface area contributed by atoms with Crippen molar-refractivity contribution in [3.8, 4) is 11.5 Å². The summed E-state index contributed by atoms with van der Waals surface area (Å²) < 4.78 is 12.0. The zero-order chi connectivity index (χ0) is 20.3. The van der Waals surface area contributed by atoms with Crippen LogP contribution < -0.4 is 9.47 Å². The maximum absolute atomic E-state index is 6.11. The summed E-state index contributed by atoms with van der Waals surface area (Å²) in [6, 6.07) is 8.26. The van der Waals surface area contributed by atoms with E-state index >= 15 is 0 Å². The number of benzene rings is 1. The van der Waals surface area contributed by atoms with Crippen molar-refractivity contribution in [2.45, 2.75) is 97.3 Å². The molecule has 2 heteroatoms. The summed E-state index contributed by atoms with van der Waals surface area (Å²) in [6.07, 6.45) is 17.9. The molecule has 164 valence electrons. The second kappa shape index (κ2) is 12.5. The van der Waals surface area contributed by atoms with Gasteiger partial charge in [0.1, 0.15) is 11.5 Å². The fourth-order valence-corrected chi connectivity index (χ4v) is 5.33. The minimum atomic E-state index is 0.743. The van der Waals surface area contributed by atoms with E-state index < -0.39 is 0 Å². The molecule has 2 saturated carbocycles. The Balaban J connectivity index is 1.28. The molecule has 0 radical (unpaired) electrons. The molecular formula is C27H44O2. The van der Waals surface area contributed by atoms with Gasteiger partial charge in [-0.25, -0.2) is 0 Å². The molecule has 2 aliphatic rings. The van der Waals surface area contributed by atoms with Gasteiger partial charge in [0.25, 0.3) is 0 Å². The summed E-state index contributed by atoms with van der Waals surface area (Å²) in [4.78, 5) is 0. The summed E-state index contributed by atoms with van der Waals surface area (Å²) >= 11 is 0. The summed E-state index contributed by atoms with van der Waals surface area (Å²) in [6.45, 7) is 6.39. The van der Waals surface area contributed by atoms with Gasteiger partial charge in [-0.3, -0.25) is 0 Å². The average Bonchev–Trinajstić information content (AvgIpc) is 2.76. The first-order valence-electron chi connectivity index (χ1n) is 12.6. The Labute approximate surface area is 179 Å². The Morgan fingerprint density at radius 2 is 1.24 bits per heavy atom. The van der Waals surface area contributed by atoms with Crippen LogP contribution in [0.3, 0.4) is 0 Å². The van der Waals surface area contributed by atoms with Gasteiger partial charge in [0.15, 0.2) is 0 Å². The van der Waals surface area contributed by atoms with Crippen LogP contribution in [-0.2, 0) is 0 Å². The molecule has 0 atom stereocenters. The van der Waals surface area contributed by atoms with Crippen molar-refractivity contribution in [2.24, 2.45) is 23.7 Å². The van der Waals surface area contributed by atoms with Crippen molar-refractivity contribution in [2.75, 3.05) is 13.2 Å². The van der Waals surface area contributed by atoms with Gasteiger partial charge in [-0.2, -0.15) is 0 Å². The first kappa shape index (κ1) is 22.5. The lowest BCUT2D eigenvalue weighted by atomic mass is 9.69. The molecule has 0 spiro atoms. The molecule has 1 aromatic carbocycles. The van der Waals surface area contributed by atoms with Gasteiger partial charge in [0.2, 0.25) is 0 Å². The minimum absolute atomic E-state index is 0.743. The summed E-state index contributed by atoms with van der Waals surface area (Å²) in [7, 11) is 0. The van der Waals surface area contributed by atoms with Crippen molar-refractivity contribution in [3.05, 3.63) is 24.3 Å². The predicted molar refractivity (Wildman–Crippen MR) is 123 cm³/mol. The van der Waals surface area contributed by atoms with E-state index in [4.69, 9.17) is 9.47 Å². The maximum Gasteiger partial charge on any atom is 0.119 e. The molecular weight excluding hydrogens is 356 g/mol. The number of hydrogen-bond donors (Lipinski definition) is 0. The highest BCUT2D eigenvalue weighted by atomic mass is 16.5.